The summed E-state index contributed by atoms with van der Waals surface area (Å²) in [5.41, 5.74) is 0.250. The number of nitrogens with zero attached hydrogens (tertiary/aromatic N) is 1. The maximum atomic E-state index is 12.6. The van der Waals surface area contributed by atoms with E-state index < -0.39 is 88.2 Å². The Morgan fingerprint density at radius 1 is 0.963 bits per heavy atom. The molecule has 0 aromatic heterocycles. The third-order valence-corrected chi connectivity index (χ3v) is 8.54. The molecule has 3 rings (SSSR count). The summed E-state index contributed by atoms with van der Waals surface area (Å²) in [6.45, 7) is 0.756. The molecule has 1 aromatic rings. The Hall–Kier alpha value is -4.71. The Morgan fingerprint density at radius 2 is 1.67 bits per heavy atom. The zero-order valence-electron chi connectivity index (χ0n) is 29.0. The summed E-state index contributed by atoms with van der Waals surface area (Å²) < 4.78 is 59.1. The van der Waals surface area contributed by atoms with E-state index in [0.717, 1.165) is 17.1 Å². The number of aliphatic carboxylic acids is 1. The number of amides is 4. The van der Waals surface area contributed by atoms with Gasteiger partial charge in [-0.2, -0.15) is 8.42 Å². The minimum Gasteiger partial charge on any atom is -0.491 e. The summed E-state index contributed by atoms with van der Waals surface area (Å²) >= 11 is 0. The summed E-state index contributed by atoms with van der Waals surface area (Å²) in [5, 5.41) is 44.4. The number of aliphatic hydroxyl groups excluding tert-OH is 3. The third-order valence-electron chi connectivity index (χ3n) is 7.78. The largest absolute Gasteiger partial charge is 0.491 e. The van der Waals surface area contributed by atoms with E-state index in [1.54, 1.807) is 0 Å². The molecule has 0 unspecified atom stereocenters. The molecule has 2 aliphatic rings. The smallest absolute Gasteiger partial charge is 0.335 e. The van der Waals surface area contributed by atoms with Crippen LogP contribution < -0.4 is 20.1 Å². The minimum absolute atomic E-state index is 0.0299. The second kappa shape index (κ2) is 20.7. The molecule has 0 saturated carbocycles. The number of imide groups is 1. The average Bonchev–Trinajstić information content (AvgIpc) is 3.42. The molecule has 4 amide bonds. The highest BCUT2D eigenvalue weighted by molar-refractivity contribution is 7.85. The molecule has 0 aliphatic carbocycles. The van der Waals surface area contributed by atoms with E-state index in [1.165, 1.54) is 25.1 Å². The SMILES string of the molecule is CC(=O)OCc1ccc(OCCOCCNC(=O)[C@H](CS(=O)(=O)O)NC(=O)CCCCCN2C(=O)C=CC2=O)cc1O[C@@H]1O[C@H](C(=O)O)[C@@H](O)[C@H](O)[C@H]1O. The van der Waals surface area contributed by atoms with Crippen molar-refractivity contribution in [3.8, 4) is 11.5 Å². The van der Waals surface area contributed by atoms with Gasteiger partial charge in [-0.1, -0.05) is 6.42 Å². The number of carboxylic acids is 1. The van der Waals surface area contributed by atoms with Crippen molar-refractivity contribution >= 4 is 45.7 Å². The van der Waals surface area contributed by atoms with Crippen molar-refractivity contribution in [2.75, 3.05) is 38.7 Å². The van der Waals surface area contributed by atoms with Crippen LogP contribution in [0.15, 0.2) is 30.4 Å². The number of unbranched alkanes of at least 4 members (excludes halogenated alkanes) is 2. The molecule has 1 fully saturated rings. The van der Waals surface area contributed by atoms with Crippen LogP contribution in [0.5, 0.6) is 11.5 Å². The first-order valence-corrected chi connectivity index (χ1v) is 18.2. The number of ether oxygens (including phenoxy) is 5. The van der Waals surface area contributed by atoms with Crippen LogP contribution in [-0.2, 0) is 59.7 Å². The number of aliphatic hydroxyl groups is 3. The summed E-state index contributed by atoms with van der Waals surface area (Å²) in [7, 11) is -4.66. The van der Waals surface area contributed by atoms with Gasteiger partial charge in [0.05, 0.1) is 13.2 Å². The third kappa shape index (κ3) is 13.9. The fourth-order valence-corrected chi connectivity index (χ4v) is 5.70. The van der Waals surface area contributed by atoms with Gasteiger partial charge in [-0.15, -0.1) is 0 Å². The van der Waals surface area contributed by atoms with Gasteiger partial charge in [-0.25, -0.2) is 4.79 Å². The molecule has 0 spiro atoms. The topological polar surface area (TPSA) is 311 Å². The second-order valence-electron chi connectivity index (χ2n) is 12.0. The van der Waals surface area contributed by atoms with Crippen molar-refractivity contribution in [1.82, 2.24) is 15.5 Å². The summed E-state index contributed by atoms with van der Waals surface area (Å²) in [5.74, 6) is -5.61. The molecule has 21 nitrogen and oxygen atoms in total. The highest BCUT2D eigenvalue weighted by Crippen LogP contribution is 2.30. The molecular weight excluding hydrogens is 746 g/mol. The van der Waals surface area contributed by atoms with Crippen LogP contribution in [-0.4, -0.2) is 149 Å². The second-order valence-corrected chi connectivity index (χ2v) is 13.5. The molecule has 6 atom stereocenters. The zero-order valence-corrected chi connectivity index (χ0v) is 29.8. The molecule has 0 bridgehead atoms. The van der Waals surface area contributed by atoms with E-state index in [-0.39, 0.29) is 63.0 Å². The van der Waals surface area contributed by atoms with Crippen LogP contribution in [0, 0.1) is 0 Å². The van der Waals surface area contributed by atoms with Crippen LogP contribution >= 0.6 is 0 Å². The molecule has 1 saturated heterocycles. The van der Waals surface area contributed by atoms with Crippen molar-refractivity contribution in [2.45, 2.75) is 76.0 Å². The van der Waals surface area contributed by atoms with Crippen LogP contribution in [0.2, 0.25) is 0 Å². The van der Waals surface area contributed by atoms with E-state index in [9.17, 15) is 62.2 Å². The van der Waals surface area contributed by atoms with Crippen LogP contribution in [0.25, 0.3) is 0 Å². The zero-order chi connectivity index (χ0) is 40.0. The minimum atomic E-state index is -4.66. The van der Waals surface area contributed by atoms with Gasteiger partial charge < -0.3 is 54.7 Å². The Kier molecular flexibility index (Phi) is 16.7. The van der Waals surface area contributed by atoms with E-state index in [2.05, 4.69) is 10.6 Å². The molecule has 300 valence electrons. The average molecular weight is 790 g/mol. The number of esters is 1. The number of benzene rings is 1. The molecule has 2 heterocycles. The highest BCUT2D eigenvalue weighted by Gasteiger charge is 2.48. The lowest BCUT2D eigenvalue weighted by Crippen LogP contribution is -2.61. The monoisotopic (exact) mass is 789 g/mol. The number of hydrogen-bond acceptors (Lipinski definition) is 16. The van der Waals surface area contributed by atoms with Crippen LogP contribution in [0.3, 0.4) is 0 Å². The maximum absolute atomic E-state index is 12.6. The first kappa shape index (κ1) is 43.7. The van der Waals surface area contributed by atoms with Crippen molar-refractivity contribution < 1.29 is 85.8 Å². The highest BCUT2D eigenvalue weighted by atomic mass is 32.2. The maximum Gasteiger partial charge on any atom is 0.335 e. The van der Waals surface area contributed by atoms with Gasteiger partial charge >= 0.3 is 11.9 Å². The fraction of sp³-hybridized carbons (Fsp3) is 0.562. The number of nitrogens with one attached hydrogen (secondary N) is 2. The standard InChI is InChI=1S/C32H43N3O18S/c1-18(36)51-16-19-6-7-20(15-22(19)52-32-28(42)26(40)27(41)29(53-32)31(44)45)50-14-13-49-12-10-33-30(43)21(17-54(46,47)48)34-23(37)5-3-2-4-11-35-24(38)8-9-25(35)39/h6-9,15,21,26-29,32,40-42H,2-5,10-14,16-17H2,1H3,(H,33,43)(H,34,37)(H,44,45)(H,46,47,48)/t21-,26-,27-,28+,29-,32+/m0/s1. The first-order valence-electron chi connectivity index (χ1n) is 16.6. The van der Waals surface area contributed by atoms with E-state index in [4.69, 9.17) is 23.7 Å². The quantitative estimate of drug-likeness (QED) is 0.0274. The van der Waals surface area contributed by atoms with Crippen LogP contribution in [0.1, 0.15) is 38.2 Å². The number of hydrogen-bond donors (Lipinski definition) is 7. The Morgan fingerprint density at radius 3 is 2.31 bits per heavy atom. The Balaban J connectivity index is 1.44. The number of carbonyl (C=O) groups is 6. The lowest BCUT2D eigenvalue weighted by atomic mass is 9.99. The summed E-state index contributed by atoms with van der Waals surface area (Å²) in [6.07, 6.45) is -5.96. The number of carboxylic acid groups (broad SMARTS) is 1. The van der Waals surface area contributed by atoms with Gasteiger partial charge in [0, 0.05) is 50.2 Å². The first-order chi connectivity index (χ1) is 25.5. The molecular formula is C32H43N3O18S. The van der Waals surface area contributed by atoms with Crippen molar-refractivity contribution in [3.63, 3.8) is 0 Å². The molecule has 2 aliphatic heterocycles. The van der Waals surface area contributed by atoms with Gasteiger partial charge in [-0.3, -0.25) is 33.4 Å². The lowest BCUT2D eigenvalue weighted by molar-refractivity contribution is -0.271. The van der Waals surface area contributed by atoms with Crippen molar-refractivity contribution in [2.24, 2.45) is 0 Å². The summed E-state index contributed by atoms with van der Waals surface area (Å²) in [4.78, 5) is 72.1. The lowest BCUT2D eigenvalue weighted by Gasteiger charge is -2.38. The predicted molar refractivity (Wildman–Crippen MR) is 179 cm³/mol. The van der Waals surface area contributed by atoms with Gasteiger partial charge in [0.1, 0.15) is 54.8 Å². The fourth-order valence-electron chi connectivity index (χ4n) is 5.04. The molecule has 0 radical (unpaired) electrons. The van der Waals surface area contributed by atoms with Crippen molar-refractivity contribution in [1.29, 1.82) is 0 Å². The van der Waals surface area contributed by atoms with E-state index in [0.29, 0.717) is 19.3 Å². The number of rotatable bonds is 22. The van der Waals surface area contributed by atoms with Gasteiger partial charge in [0.25, 0.3) is 21.9 Å². The van der Waals surface area contributed by atoms with E-state index >= 15 is 0 Å². The van der Waals surface area contributed by atoms with E-state index in [1.807, 2.05) is 0 Å². The Bertz CT molecular complexity index is 1630. The molecule has 1 aromatic carbocycles. The molecule has 22 heteroatoms. The normalized spacial score (nSPS) is 21.7. The number of carbonyl (C=O) groups excluding carboxylic acids is 5. The van der Waals surface area contributed by atoms with Crippen molar-refractivity contribution in [3.05, 3.63) is 35.9 Å². The van der Waals surface area contributed by atoms with Crippen LogP contribution in [0.4, 0.5) is 0 Å². The Labute approximate surface area is 308 Å². The van der Waals surface area contributed by atoms with Gasteiger partial charge in [0.15, 0.2) is 6.10 Å². The predicted octanol–water partition coefficient (Wildman–Crippen LogP) is -2.61. The summed E-state index contributed by atoms with van der Waals surface area (Å²) in [6, 6.07) is 2.62. The molecule has 7 N–H and O–H groups in total. The van der Waals surface area contributed by atoms with Gasteiger partial charge in [-0.05, 0) is 25.0 Å². The van der Waals surface area contributed by atoms with Gasteiger partial charge in [0.2, 0.25) is 18.1 Å². The molecule has 54 heavy (non-hydrogen) atoms.